The summed E-state index contributed by atoms with van der Waals surface area (Å²) in [6.45, 7) is 3.04. The summed E-state index contributed by atoms with van der Waals surface area (Å²) < 4.78 is 16.3. The summed E-state index contributed by atoms with van der Waals surface area (Å²) in [5.41, 5.74) is 1.61. The molecule has 3 rings (SSSR count). The van der Waals surface area contributed by atoms with Crippen LogP contribution in [0.1, 0.15) is 21.5 Å². The van der Waals surface area contributed by atoms with Crippen LogP contribution >= 0.6 is 23.2 Å². The highest BCUT2D eigenvalue weighted by Crippen LogP contribution is 2.39. The molecule has 0 atom stereocenters. The van der Waals surface area contributed by atoms with Gasteiger partial charge in [0.05, 0.1) is 24.3 Å². The number of ketones is 1. The molecular formula is C22H24Cl2NO5+. The first-order valence-electron chi connectivity index (χ1n) is 9.50. The lowest BCUT2D eigenvalue weighted by atomic mass is 10.0. The number of benzene rings is 2. The molecule has 6 nitrogen and oxygen atoms in total. The van der Waals surface area contributed by atoms with Crippen molar-refractivity contribution in [3.8, 4) is 11.5 Å². The summed E-state index contributed by atoms with van der Waals surface area (Å²) in [6.07, 6.45) is 1.59. The van der Waals surface area contributed by atoms with Gasteiger partial charge in [0.15, 0.2) is 11.5 Å². The van der Waals surface area contributed by atoms with Gasteiger partial charge in [0, 0.05) is 24.3 Å². The highest BCUT2D eigenvalue weighted by atomic mass is 35.5. The van der Waals surface area contributed by atoms with E-state index in [1.54, 1.807) is 44.6 Å². The van der Waals surface area contributed by atoms with Crippen LogP contribution < -0.4 is 9.64 Å². The van der Waals surface area contributed by atoms with Gasteiger partial charge in [-0.15, -0.1) is 0 Å². The van der Waals surface area contributed by atoms with Crippen LogP contribution in [0, 0.1) is 0 Å². The molecule has 2 aromatic rings. The zero-order valence-corrected chi connectivity index (χ0v) is 18.3. The summed E-state index contributed by atoms with van der Waals surface area (Å²) in [7, 11) is 3.29. The maximum atomic E-state index is 12.9. The first-order chi connectivity index (χ1) is 14.4. The van der Waals surface area contributed by atoms with E-state index in [0.29, 0.717) is 52.2 Å². The van der Waals surface area contributed by atoms with E-state index in [0.717, 1.165) is 18.0 Å². The lowest BCUT2D eigenvalue weighted by Gasteiger charge is -2.20. The summed E-state index contributed by atoms with van der Waals surface area (Å²) in [6, 6.07) is 8.11. The second kappa shape index (κ2) is 10.3. The fraction of sp³-hybridized carbons (Fsp3) is 0.318. The standard InChI is InChI=1S/C22H23Cl2NO5/c1-28-9-7-25(8-10-29-2)13-17-19(26)6-5-16-21(27)20(30-22(16)17)11-14-3-4-15(23)12-18(14)24/h3-6,11-12,26H,7-10,13H2,1-2H3/p+1/b20-11-. The Morgan fingerprint density at radius 1 is 1.10 bits per heavy atom. The molecule has 160 valence electrons. The Kier molecular flexibility index (Phi) is 7.75. The van der Waals surface area contributed by atoms with Gasteiger partial charge in [-0.05, 0) is 35.9 Å². The van der Waals surface area contributed by atoms with Crippen LogP contribution in [-0.4, -0.2) is 51.4 Å². The number of aromatic hydroxyl groups is 1. The van der Waals surface area contributed by atoms with E-state index in [1.807, 2.05) is 0 Å². The number of fused-ring (bicyclic) bond motifs is 1. The van der Waals surface area contributed by atoms with Crippen molar-refractivity contribution < 1.29 is 29.0 Å². The first-order valence-corrected chi connectivity index (χ1v) is 10.3. The van der Waals surface area contributed by atoms with Crippen LogP contribution in [0.3, 0.4) is 0 Å². The lowest BCUT2D eigenvalue weighted by Crippen LogP contribution is -3.11. The number of carbonyl (C=O) groups is 1. The lowest BCUT2D eigenvalue weighted by molar-refractivity contribution is -0.914. The maximum absolute atomic E-state index is 12.9. The van der Waals surface area contributed by atoms with Gasteiger partial charge in [0.25, 0.3) is 0 Å². The number of hydrogen-bond acceptors (Lipinski definition) is 5. The van der Waals surface area contributed by atoms with Gasteiger partial charge in [-0.25, -0.2) is 0 Å². The zero-order valence-electron chi connectivity index (χ0n) is 16.8. The topological polar surface area (TPSA) is 69.4 Å². The number of rotatable bonds is 9. The fourth-order valence-corrected chi connectivity index (χ4v) is 3.74. The number of phenols is 1. The molecule has 8 heteroatoms. The van der Waals surface area contributed by atoms with Crippen molar-refractivity contribution in [3.63, 3.8) is 0 Å². The van der Waals surface area contributed by atoms with E-state index in [1.165, 1.54) is 6.07 Å². The Morgan fingerprint density at radius 3 is 2.43 bits per heavy atom. The molecule has 0 unspecified atom stereocenters. The predicted molar refractivity (Wildman–Crippen MR) is 116 cm³/mol. The van der Waals surface area contributed by atoms with Gasteiger partial charge < -0.3 is 24.2 Å². The summed E-state index contributed by atoms with van der Waals surface area (Å²) in [5, 5.41) is 11.4. The molecular weight excluding hydrogens is 429 g/mol. The van der Waals surface area contributed by atoms with Crippen molar-refractivity contribution in [1.82, 2.24) is 0 Å². The zero-order chi connectivity index (χ0) is 21.7. The number of carbonyl (C=O) groups excluding carboxylic acids is 1. The molecule has 2 N–H and O–H groups in total. The number of halogens is 2. The maximum Gasteiger partial charge on any atom is 0.231 e. The quantitative estimate of drug-likeness (QED) is 0.572. The highest BCUT2D eigenvalue weighted by Gasteiger charge is 2.32. The molecule has 0 saturated carbocycles. The minimum absolute atomic E-state index is 0.0830. The van der Waals surface area contributed by atoms with Crippen molar-refractivity contribution in [3.05, 3.63) is 62.8 Å². The fourth-order valence-electron chi connectivity index (χ4n) is 3.27. The molecule has 0 radical (unpaired) electrons. The minimum atomic E-state index is -0.257. The number of phenolic OH excluding ortho intramolecular Hbond substituents is 1. The van der Waals surface area contributed by atoms with Crippen molar-refractivity contribution in [2.24, 2.45) is 0 Å². The third-order valence-corrected chi connectivity index (χ3v) is 5.47. The number of Topliss-reactive ketones (excluding diaryl/α,β-unsaturated/α-hetero) is 1. The van der Waals surface area contributed by atoms with Gasteiger partial charge >= 0.3 is 0 Å². The van der Waals surface area contributed by atoms with Gasteiger partial charge in [-0.1, -0.05) is 29.3 Å². The van der Waals surface area contributed by atoms with Gasteiger partial charge in [-0.2, -0.15) is 0 Å². The van der Waals surface area contributed by atoms with Crippen LogP contribution in [0.4, 0.5) is 0 Å². The summed E-state index contributed by atoms with van der Waals surface area (Å²) in [5.74, 6) is 0.354. The molecule has 0 spiro atoms. The van der Waals surface area contributed by atoms with Crippen molar-refractivity contribution >= 4 is 35.1 Å². The van der Waals surface area contributed by atoms with E-state index in [4.69, 9.17) is 37.4 Å². The van der Waals surface area contributed by atoms with E-state index in [9.17, 15) is 9.90 Å². The largest absolute Gasteiger partial charge is 0.507 e. The van der Waals surface area contributed by atoms with Crippen LogP contribution in [0.25, 0.3) is 6.08 Å². The van der Waals surface area contributed by atoms with Crippen LogP contribution in [0.15, 0.2) is 36.1 Å². The molecule has 1 aliphatic heterocycles. The van der Waals surface area contributed by atoms with Gasteiger partial charge in [0.1, 0.15) is 25.4 Å². The van der Waals surface area contributed by atoms with Crippen molar-refractivity contribution in [2.75, 3.05) is 40.5 Å². The van der Waals surface area contributed by atoms with E-state index in [-0.39, 0.29) is 17.3 Å². The van der Waals surface area contributed by atoms with Crippen molar-refractivity contribution in [1.29, 1.82) is 0 Å². The van der Waals surface area contributed by atoms with Gasteiger partial charge in [0.2, 0.25) is 5.78 Å². The molecule has 0 aliphatic carbocycles. The Hall–Kier alpha value is -2.09. The SMILES string of the molecule is COCC[NH+](CCOC)Cc1c(O)ccc2c1O/C(=C\c1ccc(Cl)cc1Cl)C2=O. The molecule has 0 saturated heterocycles. The average Bonchev–Trinajstić information content (AvgIpc) is 3.03. The average molecular weight is 453 g/mol. The molecule has 1 heterocycles. The molecule has 2 aromatic carbocycles. The second-order valence-electron chi connectivity index (χ2n) is 6.96. The Balaban J connectivity index is 1.91. The van der Waals surface area contributed by atoms with Crippen LogP contribution in [0.2, 0.25) is 10.0 Å². The number of methoxy groups -OCH3 is 2. The summed E-state index contributed by atoms with van der Waals surface area (Å²) >= 11 is 12.2. The van der Waals surface area contributed by atoms with Crippen LogP contribution in [0.5, 0.6) is 11.5 Å². The Labute approximate surface area is 185 Å². The second-order valence-corrected chi connectivity index (χ2v) is 7.80. The molecule has 0 bridgehead atoms. The van der Waals surface area contributed by atoms with Crippen molar-refractivity contribution in [2.45, 2.75) is 6.54 Å². The Morgan fingerprint density at radius 2 is 1.80 bits per heavy atom. The van der Waals surface area contributed by atoms with E-state index >= 15 is 0 Å². The van der Waals surface area contributed by atoms with Gasteiger partial charge in [-0.3, -0.25) is 4.79 Å². The molecule has 0 fully saturated rings. The number of quaternary nitrogens is 1. The predicted octanol–water partition coefficient (Wildman–Crippen LogP) is 2.99. The first kappa shape index (κ1) is 22.6. The molecule has 0 aromatic heterocycles. The third kappa shape index (κ3) is 5.14. The number of allylic oxidation sites excluding steroid dienone is 1. The molecule has 0 amide bonds. The minimum Gasteiger partial charge on any atom is -0.507 e. The highest BCUT2D eigenvalue weighted by molar-refractivity contribution is 6.35. The smallest absolute Gasteiger partial charge is 0.231 e. The van der Waals surface area contributed by atoms with Crippen LogP contribution in [-0.2, 0) is 16.0 Å². The van der Waals surface area contributed by atoms with E-state index < -0.39 is 0 Å². The number of nitrogens with one attached hydrogen (secondary N) is 1. The molecule has 30 heavy (non-hydrogen) atoms. The number of hydrogen-bond donors (Lipinski definition) is 2. The summed E-state index contributed by atoms with van der Waals surface area (Å²) in [4.78, 5) is 14.0. The third-order valence-electron chi connectivity index (χ3n) is 4.91. The molecule has 1 aliphatic rings. The van der Waals surface area contributed by atoms with E-state index in [2.05, 4.69) is 0 Å². The number of ether oxygens (including phenoxy) is 3. The monoisotopic (exact) mass is 452 g/mol. The Bertz CT molecular complexity index is 953. The normalized spacial score (nSPS) is 14.4.